The number of carboxylic acid groups (broad SMARTS) is 1. The van der Waals surface area contributed by atoms with Crippen LogP contribution in [-0.4, -0.2) is 17.0 Å². The number of carbonyl (C=O) groups is 2. The standard InChI is InChI=1S/C8H9N3O4/c9-11-7(12)4-2-1-3-5(15-10)6(4)8(13)14/h1-3H,9-10H2,(H,11,12)(H,13,14). The minimum absolute atomic E-state index is 0.108. The van der Waals surface area contributed by atoms with Crippen molar-refractivity contribution in [1.82, 2.24) is 5.43 Å². The zero-order valence-corrected chi connectivity index (χ0v) is 7.56. The lowest BCUT2D eigenvalue weighted by Gasteiger charge is -2.07. The summed E-state index contributed by atoms with van der Waals surface area (Å²) in [5.41, 5.74) is 1.38. The van der Waals surface area contributed by atoms with Gasteiger partial charge in [-0.2, -0.15) is 5.90 Å². The van der Waals surface area contributed by atoms with E-state index in [2.05, 4.69) is 4.84 Å². The number of nitrogens with one attached hydrogen (secondary N) is 1. The molecule has 0 aliphatic carbocycles. The smallest absolute Gasteiger partial charge is 0.340 e. The fourth-order valence-corrected chi connectivity index (χ4v) is 1.12. The normalized spacial score (nSPS) is 9.47. The van der Waals surface area contributed by atoms with Crippen LogP contribution in [0.4, 0.5) is 0 Å². The highest BCUT2D eigenvalue weighted by atomic mass is 16.6. The summed E-state index contributed by atoms with van der Waals surface area (Å²) in [6.07, 6.45) is 0. The van der Waals surface area contributed by atoms with E-state index in [1.165, 1.54) is 18.2 Å². The molecule has 7 heteroatoms. The zero-order valence-electron chi connectivity index (χ0n) is 7.56. The van der Waals surface area contributed by atoms with Gasteiger partial charge in [-0.05, 0) is 12.1 Å². The molecule has 1 rings (SSSR count). The number of amides is 1. The van der Waals surface area contributed by atoms with Crippen molar-refractivity contribution in [2.75, 3.05) is 0 Å². The van der Waals surface area contributed by atoms with Crippen LogP contribution in [0, 0.1) is 0 Å². The second-order valence-electron chi connectivity index (χ2n) is 2.58. The van der Waals surface area contributed by atoms with Gasteiger partial charge in [-0.1, -0.05) is 6.07 Å². The molecule has 0 spiro atoms. The van der Waals surface area contributed by atoms with Crippen molar-refractivity contribution in [2.45, 2.75) is 0 Å². The molecule has 0 atom stereocenters. The molecular formula is C8H9N3O4. The summed E-state index contributed by atoms with van der Waals surface area (Å²) in [6, 6.07) is 4.06. The number of nitrogens with two attached hydrogens (primary N) is 2. The van der Waals surface area contributed by atoms with Gasteiger partial charge in [0.05, 0.1) is 5.56 Å². The van der Waals surface area contributed by atoms with Gasteiger partial charge < -0.3 is 9.94 Å². The van der Waals surface area contributed by atoms with E-state index < -0.39 is 11.9 Å². The van der Waals surface area contributed by atoms with Crippen LogP contribution in [0.25, 0.3) is 0 Å². The van der Waals surface area contributed by atoms with Crippen LogP contribution in [0.5, 0.6) is 5.75 Å². The molecule has 1 aromatic rings. The third-order valence-corrected chi connectivity index (χ3v) is 1.74. The number of carboxylic acids is 1. The molecule has 7 nitrogen and oxygen atoms in total. The fourth-order valence-electron chi connectivity index (χ4n) is 1.12. The van der Waals surface area contributed by atoms with Crippen LogP contribution in [0.15, 0.2) is 18.2 Å². The molecule has 0 aromatic heterocycles. The van der Waals surface area contributed by atoms with Crippen molar-refractivity contribution >= 4 is 11.9 Å². The molecule has 0 radical (unpaired) electrons. The molecule has 0 aliphatic heterocycles. The molecule has 1 amide bonds. The predicted molar refractivity (Wildman–Crippen MR) is 49.9 cm³/mol. The molecule has 1 aromatic carbocycles. The summed E-state index contributed by atoms with van der Waals surface area (Å²) < 4.78 is 0. The van der Waals surface area contributed by atoms with Gasteiger partial charge in [0.15, 0.2) is 5.75 Å². The first-order valence-corrected chi connectivity index (χ1v) is 3.85. The molecular weight excluding hydrogens is 202 g/mol. The van der Waals surface area contributed by atoms with Crippen LogP contribution in [0.3, 0.4) is 0 Å². The molecule has 6 N–H and O–H groups in total. The van der Waals surface area contributed by atoms with Crippen LogP contribution < -0.4 is 22.0 Å². The number of carbonyl (C=O) groups excluding carboxylic acids is 1. The van der Waals surface area contributed by atoms with Crippen molar-refractivity contribution < 1.29 is 19.5 Å². The lowest BCUT2D eigenvalue weighted by Crippen LogP contribution is -2.31. The van der Waals surface area contributed by atoms with Crippen LogP contribution in [-0.2, 0) is 0 Å². The monoisotopic (exact) mass is 211 g/mol. The molecule has 0 heterocycles. The number of nitrogen functional groups attached to an aromatic ring is 1. The van der Waals surface area contributed by atoms with Gasteiger partial charge in [0.1, 0.15) is 5.56 Å². The lowest BCUT2D eigenvalue weighted by molar-refractivity contribution is 0.0686. The first kappa shape index (κ1) is 11.0. The van der Waals surface area contributed by atoms with Crippen LogP contribution >= 0.6 is 0 Å². The summed E-state index contributed by atoms with van der Waals surface area (Å²) in [6.45, 7) is 0. The van der Waals surface area contributed by atoms with E-state index in [-0.39, 0.29) is 16.9 Å². The highest BCUT2D eigenvalue weighted by molar-refractivity contribution is 6.06. The quantitative estimate of drug-likeness (QED) is 0.295. The van der Waals surface area contributed by atoms with Gasteiger partial charge in [0.2, 0.25) is 0 Å². The van der Waals surface area contributed by atoms with E-state index >= 15 is 0 Å². The second-order valence-corrected chi connectivity index (χ2v) is 2.58. The third-order valence-electron chi connectivity index (χ3n) is 1.74. The molecule has 0 aliphatic rings. The highest BCUT2D eigenvalue weighted by Gasteiger charge is 2.20. The Kier molecular flexibility index (Phi) is 3.21. The number of aromatic carboxylic acids is 1. The third kappa shape index (κ3) is 2.03. The second kappa shape index (κ2) is 4.40. The first-order valence-electron chi connectivity index (χ1n) is 3.85. The maximum absolute atomic E-state index is 11.2. The van der Waals surface area contributed by atoms with Crippen molar-refractivity contribution in [3.8, 4) is 5.75 Å². The van der Waals surface area contributed by atoms with Crippen LogP contribution in [0.1, 0.15) is 20.7 Å². The van der Waals surface area contributed by atoms with Gasteiger partial charge in [-0.25, -0.2) is 10.6 Å². The molecule has 0 fully saturated rings. The minimum Gasteiger partial charge on any atom is -0.478 e. The largest absolute Gasteiger partial charge is 0.478 e. The van der Waals surface area contributed by atoms with E-state index in [1.54, 1.807) is 0 Å². The summed E-state index contributed by atoms with van der Waals surface area (Å²) >= 11 is 0. The summed E-state index contributed by atoms with van der Waals surface area (Å²) in [4.78, 5) is 26.4. The Balaban J connectivity index is 3.38. The average molecular weight is 211 g/mol. The number of hydrogen-bond donors (Lipinski definition) is 4. The number of benzene rings is 1. The maximum Gasteiger partial charge on any atom is 0.340 e. The van der Waals surface area contributed by atoms with E-state index in [0.29, 0.717) is 0 Å². The van der Waals surface area contributed by atoms with Crippen molar-refractivity contribution in [3.05, 3.63) is 29.3 Å². The summed E-state index contributed by atoms with van der Waals surface area (Å²) in [7, 11) is 0. The summed E-state index contributed by atoms with van der Waals surface area (Å²) in [5.74, 6) is 7.61. The topological polar surface area (TPSA) is 128 Å². The Morgan fingerprint density at radius 2 is 2.07 bits per heavy atom. The van der Waals surface area contributed by atoms with E-state index in [4.69, 9.17) is 16.8 Å². The predicted octanol–water partition coefficient (Wildman–Crippen LogP) is -0.759. The van der Waals surface area contributed by atoms with Gasteiger partial charge >= 0.3 is 5.97 Å². The van der Waals surface area contributed by atoms with Crippen molar-refractivity contribution in [1.29, 1.82) is 0 Å². The lowest BCUT2D eigenvalue weighted by atomic mass is 10.1. The van der Waals surface area contributed by atoms with E-state index in [1.807, 2.05) is 5.43 Å². The van der Waals surface area contributed by atoms with E-state index in [9.17, 15) is 9.59 Å². The Morgan fingerprint density at radius 3 is 2.53 bits per heavy atom. The average Bonchev–Trinajstić information content (AvgIpc) is 2.26. The van der Waals surface area contributed by atoms with Crippen molar-refractivity contribution in [2.24, 2.45) is 11.7 Å². The summed E-state index contributed by atoms with van der Waals surface area (Å²) in [5, 5.41) is 8.87. The number of hydrazine groups is 1. The Morgan fingerprint density at radius 1 is 1.40 bits per heavy atom. The Bertz CT molecular complexity index is 405. The number of rotatable bonds is 3. The van der Waals surface area contributed by atoms with Gasteiger partial charge in [-0.3, -0.25) is 10.2 Å². The van der Waals surface area contributed by atoms with E-state index in [0.717, 1.165) is 0 Å². The molecule has 80 valence electrons. The highest BCUT2D eigenvalue weighted by Crippen LogP contribution is 2.21. The molecule has 0 saturated carbocycles. The number of hydrogen-bond acceptors (Lipinski definition) is 5. The maximum atomic E-state index is 11.2. The molecule has 0 bridgehead atoms. The Labute approximate surface area is 84.5 Å². The van der Waals surface area contributed by atoms with Gasteiger partial charge in [0, 0.05) is 0 Å². The van der Waals surface area contributed by atoms with Crippen molar-refractivity contribution in [3.63, 3.8) is 0 Å². The Hall–Kier alpha value is -2.12. The van der Waals surface area contributed by atoms with Gasteiger partial charge in [-0.15, -0.1) is 0 Å². The fraction of sp³-hybridized carbons (Fsp3) is 0. The minimum atomic E-state index is -1.32. The molecule has 15 heavy (non-hydrogen) atoms. The first-order chi connectivity index (χ1) is 7.11. The van der Waals surface area contributed by atoms with Gasteiger partial charge in [0.25, 0.3) is 5.91 Å². The zero-order chi connectivity index (χ0) is 11.4. The molecule has 0 saturated heterocycles. The molecule has 0 unspecified atom stereocenters. The van der Waals surface area contributed by atoms with Crippen LogP contribution in [0.2, 0.25) is 0 Å². The SMILES string of the molecule is NNC(=O)c1cccc(ON)c1C(=O)O.